The first-order valence-electron chi connectivity index (χ1n) is 18.9. The zero-order chi connectivity index (χ0) is 36.6. The zero-order valence-corrected chi connectivity index (χ0v) is 31.7. The fourth-order valence-corrected chi connectivity index (χ4v) is 10.4. The molecule has 13 nitrogen and oxygen atoms in total. The maximum Gasteiger partial charge on any atom is 0.315 e. The molecule has 0 aromatic heterocycles. The molecule has 14 heteroatoms. The van der Waals surface area contributed by atoms with Crippen LogP contribution in [0.25, 0.3) is 0 Å². The number of ketones is 1. The van der Waals surface area contributed by atoms with E-state index in [0.29, 0.717) is 51.1 Å². The van der Waals surface area contributed by atoms with Gasteiger partial charge in [-0.3, -0.25) is 19.2 Å². The minimum atomic E-state index is -3.60. The number of carbonyl (C=O) groups is 5. The Morgan fingerprint density at radius 3 is 2.08 bits per heavy atom. The predicted octanol–water partition coefficient (Wildman–Crippen LogP) is 2.83. The van der Waals surface area contributed by atoms with Gasteiger partial charge in [0, 0.05) is 26.2 Å². The second-order valence-electron chi connectivity index (χ2n) is 17.1. The van der Waals surface area contributed by atoms with Crippen LogP contribution in [0.4, 0.5) is 4.79 Å². The molecule has 2 saturated heterocycles. The Hall–Kier alpha value is -2.74. The second-order valence-corrected chi connectivity index (χ2v) is 19.3. The second kappa shape index (κ2) is 15.1. The van der Waals surface area contributed by atoms with Crippen molar-refractivity contribution in [2.45, 2.75) is 153 Å². The van der Waals surface area contributed by atoms with Gasteiger partial charge in [0.2, 0.25) is 27.6 Å². The number of Topliss-reactive ketones (excluding diaryl/α,β-unsaturated/α-hetero) is 1. The van der Waals surface area contributed by atoms with Crippen LogP contribution in [-0.2, 0) is 29.2 Å². The number of hydrogen-bond donors (Lipinski definition) is 4. The quantitative estimate of drug-likeness (QED) is 0.212. The Labute approximate surface area is 298 Å². The van der Waals surface area contributed by atoms with E-state index in [-0.39, 0.29) is 17.9 Å². The first-order chi connectivity index (χ1) is 23.4. The minimum Gasteiger partial charge on any atom is -0.347 e. The van der Waals surface area contributed by atoms with Crippen LogP contribution in [0.5, 0.6) is 0 Å². The van der Waals surface area contributed by atoms with Gasteiger partial charge in [-0.15, -0.1) is 0 Å². The van der Waals surface area contributed by atoms with Crippen molar-refractivity contribution in [3.8, 4) is 0 Å². The standard InChI is InChI=1S/C36H60N6O7S/c1-22(2)25-16-21-42(28(25)31(44)38-26(15-12-23-10-11-23)29(43)32(45)37-24-13-14-24)33(46)30(35(3,4)5)39-34(47)40-36(18-8-7-9-19-36)27-17-20-41(6)50(27,48)49/h22-28,30H,7-21H2,1-6H3,(H,37,45)(H,38,44)(H2,39,40,47)/t25-,26+,27-,28+,30-/m1/s1. The number of urea groups is 1. The highest BCUT2D eigenvalue weighted by Gasteiger charge is 2.53. The van der Waals surface area contributed by atoms with E-state index in [2.05, 4.69) is 21.3 Å². The third-order valence-corrected chi connectivity index (χ3v) is 14.3. The summed E-state index contributed by atoms with van der Waals surface area (Å²) in [6, 6.07) is -3.48. The Bertz CT molecular complexity index is 1410. The summed E-state index contributed by atoms with van der Waals surface area (Å²) in [4.78, 5) is 70.2. The molecule has 2 heterocycles. The van der Waals surface area contributed by atoms with Gasteiger partial charge in [0.25, 0.3) is 5.91 Å². The highest BCUT2D eigenvalue weighted by Crippen LogP contribution is 2.40. The summed E-state index contributed by atoms with van der Waals surface area (Å²) < 4.78 is 28.0. The fraction of sp³-hybridized carbons (Fsp3) is 0.861. The molecule has 5 amide bonds. The van der Waals surface area contributed by atoms with Crippen molar-refractivity contribution in [1.82, 2.24) is 30.5 Å². The topological polar surface area (TPSA) is 174 Å². The third-order valence-electron chi connectivity index (χ3n) is 11.8. The summed E-state index contributed by atoms with van der Waals surface area (Å²) in [7, 11) is -2.02. The molecule has 0 aromatic rings. The van der Waals surface area contributed by atoms with Crippen LogP contribution < -0.4 is 21.3 Å². The average molecular weight is 721 g/mol. The molecular weight excluding hydrogens is 660 g/mol. The van der Waals surface area contributed by atoms with Crippen molar-refractivity contribution in [3.63, 3.8) is 0 Å². The van der Waals surface area contributed by atoms with Gasteiger partial charge in [-0.05, 0) is 74.5 Å². The Morgan fingerprint density at radius 2 is 1.54 bits per heavy atom. The molecule has 0 unspecified atom stereocenters. The molecule has 0 spiro atoms. The number of sulfonamides is 1. The lowest BCUT2D eigenvalue weighted by Crippen LogP contribution is -2.65. The largest absolute Gasteiger partial charge is 0.347 e. The zero-order valence-electron chi connectivity index (χ0n) is 30.9. The van der Waals surface area contributed by atoms with Gasteiger partial charge in [0.05, 0.1) is 16.8 Å². The Balaban J connectivity index is 1.34. The smallest absolute Gasteiger partial charge is 0.315 e. The molecule has 5 rings (SSSR count). The molecule has 282 valence electrons. The molecule has 4 N–H and O–H groups in total. The molecule has 5 aliphatic rings. The van der Waals surface area contributed by atoms with E-state index in [9.17, 15) is 32.4 Å². The van der Waals surface area contributed by atoms with E-state index in [1.807, 2.05) is 34.6 Å². The van der Waals surface area contributed by atoms with Gasteiger partial charge in [-0.1, -0.05) is 66.7 Å². The first kappa shape index (κ1) is 38.5. The maximum atomic E-state index is 14.5. The summed E-state index contributed by atoms with van der Waals surface area (Å²) >= 11 is 0. The lowest BCUT2D eigenvalue weighted by molar-refractivity contribution is -0.145. The van der Waals surface area contributed by atoms with Crippen molar-refractivity contribution in [2.24, 2.45) is 23.2 Å². The summed E-state index contributed by atoms with van der Waals surface area (Å²) in [6.07, 6.45) is 9.56. The maximum absolute atomic E-state index is 14.5. The highest BCUT2D eigenvalue weighted by molar-refractivity contribution is 7.90. The molecule has 5 atom stereocenters. The van der Waals surface area contributed by atoms with Crippen LogP contribution in [0.15, 0.2) is 0 Å². The monoisotopic (exact) mass is 720 g/mol. The van der Waals surface area contributed by atoms with Crippen LogP contribution >= 0.6 is 0 Å². The van der Waals surface area contributed by atoms with Crippen molar-refractivity contribution < 1.29 is 32.4 Å². The molecule has 3 aliphatic carbocycles. The molecule has 0 radical (unpaired) electrons. The van der Waals surface area contributed by atoms with Crippen molar-refractivity contribution in [3.05, 3.63) is 0 Å². The molecule has 3 saturated carbocycles. The van der Waals surface area contributed by atoms with Crippen molar-refractivity contribution >= 4 is 39.6 Å². The summed E-state index contributed by atoms with van der Waals surface area (Å²) in [5, 5.41) is 10.9. The molecular formula is C36H60N6O7S. The van der Waals surface area contributed by atoms with E-state index < -0.39 is 73.9 Å². The molecule has 0 aromatic carbocycles. The van der Waals surface area contributed by atoms with E-state index >= 15 is 0 Å². The Kier molecular flexibility index (Phi) is 11.6. The lowest BCUT2D eigenvalue weighted by Gasteiger charge is -2.43. The van der Waals surface area contributed by atoms with Crippen molar-refractivity contribution in [2.75, 3.05) is 20.1 Å². The lowest BCUT2D eigenvalue weighted by atomic mass is 9.78. The minimum absolute atomic E-state index is 0.00966. The van der Waals surface area contributed by atoms with Crippen LogP contribution in [0.3, 0.4) is 0 Å². The van der Waals surface area contributed by atoms with Gasteiger partial charge >= 0.3 is 6.03 Å². The van der Waals surface area contributed by atoms with Gasteiger partial charge in [0.15, 0.2) is 0 Å². The predicted molar refractivity (Wildman–Crippen MR) is 189 cm³/mol. The summed E-state index contributed by atoms with van der Waals surface area (Å²) in [6.45, 7) is 10.2. The normalized spacial score (nSPS) is 27.7. The molecule has 2 aliphatic heterocycles. The number of nitrogens with one attached hydrogen (secondary N) is 4. The number of likely N-dealkylation sites (tertiary alicyclic amines) is 1. The van der Waals surface area contributed by atoms with E-state index in [4.69, 9.17) is 0 Å². The molecule has 50 heavy (non-hydrogen) atoms. The van der Waals surface area contributed by atoms with Crippen molar-refractivity contribution in [1.29, 1.82) is 0 Å². The molecule has 5 fully saturated rings. The number of carbonyl (C=O) groups excluding carboxylic acids is 5. The summed E-state index contributed by atoms with van der Waals surface area (Å²) in [5.74, 6) is -1.85. The van der Waals surface area contributed by atoms with E-state index in [0.717, 1.165) is 51.4 Å². The van der Waals surface area contributed by atoms with Gasteiger partial charge in [0.1, 0.15) is 12.1 Å². The van der Waals surface area contributed by atoms with Crippen LogP contribution in [0, 0.1) is 23.2 Å². The van der Waals surface area contributed by atoms with Gasteiger partial charge in [-0.25, -0.2) is 17.5 Å². The van der Waals surface area contributed by atoms with E-state index in [1.165, 1.54) is 9.21 Å². The van der Waals surface area contributed by atoms with Gasteiger partial charge in [-0.2, -0.15) is 0 Å². The number of amides is 5. The highest BCUT2D eigenvalue weighted by atomic mass is 32.2. The SMILES string of the molecule is CC(C)[C@H]1CCN(C(=O)[C@@H](NC(=O)NC2([C@H]3CCN(C)S3(=O)=O)CCCCC2)C(C)(C)C)[C@@H]1C(=O)N[C@@H](CCC1CC1)C(=O)C(=O)NC1CC1. The van der Waals surface area contributed by atoms with Gasteiger partial charge < -0.3 is 26.2 Å². The Morgan fingerprint density at radius 1 is 0.880 bits per heavy atom. The average Bonchev–Trinajstić information content (AvgIpc) is 3.97. The molecule has 0 bridgehead atoms. The first-order valence-corrected chi connectivity index (χ1v) is 20.4. The number of hydrogen-bond acceptors (Lipinski definition) is 7. The van der Waals surface area contributed by atoms with Crippen LogP contribution in [-0.4, -0.2) is 102 Å². The number of nitrogens with zero attached hydrogens (tertiary/aromatic N) is 2. The van der Waals surface area contributed by atoms with E-state index in [1.54, 1.807) is 7.05 Å². The number of rotatable bonds is 13. The van der Waals surface area contributed by atoms with Crippen LogP contribution in [0.2, 0.25) is 0 Å². The fourth-order valence-electron chi connectivity index (χ4n) is 8.35. The summed E-state index contributed by atoms with van der Waals surface area (Å²) in [5.41, 5.74) is -1.70. The van der Waals surface area contributed by atoms with Crippen LogP contribution in [0.1, 0.15) is 118 Å². The third kappa shape index (κ3) is 8.65.